The van der Waals surface area contributed by atoms with Gasteiger partial charge in [0.05, 0.1) is 33.0 Å². The second-order valence-electron chi connectivity index (χ2n) is 6.61. The summed E-state index contributed by atoms with van der Waals surface area (Å²) in [4.78, 5) is 0. The number of unbranched alkanes of at least 4 members (excludes halogenated alkanes) is 2. The molecule has 0 fully saturated rings. The third kappa shape index (κ3) is 16.6. The van der Waals surface area contributed by atoms with E-state index in [0.717, 1.165) is 0 Å². The Labute approximate surface area is 195 Å². The summed E-state index contributed by atoms with van der Waals surface area (Å²) in [5.74, 6) is 0. The van der Waals surface area contributed by atoms with Crippen LogP contribution in [0, 0.1) is 0 Å². The van der Waals surface area contributed by atoms with E-state index in [0.29, 0.717) is 25.7 Å². The summed E-state index contributed by atoms with van der Waals surface area (Å²) in [6.07, 6.45) is 2.53. The number of hydrogen-bond donors (Lipinski definition) is 3. The summed E-state index contributed by atoms with van der Waals surface area (Å²) in [5.41, 5.74) is 0. The summed E-state index contributed by atoms with van der Waals surface area (Å²) in [6.45, 7) is 1.85. The molecule has 0 aliphatic heterocycles. The smallest absolute Gasteiger partial charge is 0.396 e. The average Bonchev–Trinajstić information content (AvgIpc) is 2.74. The highest BCUT2D eigenvalue weighted by Crippen LogP contribution is 2.73. The van der Waals surface area contributed by atoms with Gasteiger partial charge < -0.3 is 15.3 Å². The van der Waals surface area contributed by atoms with Gasteiger partial charge in [0.15, 0.2) is 0 Å². The van der Waals surface area contributed by atoms with E-state index in [1.165, 1.54) is 0 Å². The van der Waals surface area contributed by atoms with Gasteiger partial charge >= 0.3 is 23.5 Å². The Morgan fingerprint density at radius 3 is 1.03 bits per heavy atom. The predicted octanol–water partition coefficient (Wildman–Crippen LogP) is 4.17. The highest BCUT2D eigenvalue weighted by molar-refractivity contribution is 7.67. The number of hydrogen-bond acceptors (Lipinski definition) is 13. The quantitative estimate of drug-likeness (QED) is 0.117. The molecule has 13 nitrogen and oxygen atoms in total. The molecule has 0 aliphatic carbocycles. The van der Waals surface area contributed by atoms with Crippen LogP contribution in [0.1, 0.15) is 58.8 Å². The first kappa shape index (κ1) is 33.3. The van der Waals surface area contributed by atoms with Gasteiger partial charge in [0.2, 0.25) is 0 Å². The minimum atomic E-state index is -4.95. The Kier molecular flexibility index (Phi) is 19.6. The van der Waals surface area contributed by atoms with Crippen LogP contribution < -0.4 is 0 Å². The molecule has 0 saturated heterocycles. The zero-order valence-electron chi connectivity index (χ0n) is 19.4. The maximum Gasteiger partial charge on any atom is 0.492 e. The van der Waals surface area contributed by atoms with Crippen molar-refractivity contribution in [1.82, 2.24) is 0 Å². The first-order valence-corrected chi connectivity index (χ1v) is 15.4. The molecule has 0 aromatic rings. The molecule has 16 heteroatoms. The second kappa shape index (κ2) is 19.5. The summed E-state index contributed by atoms with van der Waals surface area (Å²) < 4.78 is 75.2. The van der Waals surface area contributed by atoms with Crippen molar-refractivity contribution in [3.63, 3.8) is 0 Å². The molecule has 0 aliphatic rings. The molecule has 200 valence electrons. The first-order chi connectivity index (χ1) is 15.7. The van der Waals surface area contributed by atoms with E-state index in [-0.39, 0.29) is 72.1 Å². The van der Waals surface area contributed by atoms with Crippen LogP contribution in [-0.4, -0.2) is 68.2 Å². The van der Waals surface area contributed by atoms with Crippen LogP contribution in [-0.2, 0) is 44.9 Å². The van der Waals surface area contributed by atoms with E-state index in [9.17, 15) is 13.7 Å². The number of phosphoric acid groups is 3. The van der Waals surface area contributed by atoms with E-state index in [4.69, 9.17) is 46.6 Å². The van der Waals surface area contributed by atoms with Crippen molar-refractivity contribution in [3.8, 4) is 0 Å². The third-order valence-electron chi connectivity index (χ3n) is 3.55. The average molecular weight is 544 g/mol. The Balaban J connectivity index is 5.73. The van der Waals surface area contributed by atoms with Crippen molar-refractivity contribution in [1.29, 1.82) is 0 Å². The normalized spacial score (nSPS) is 17.4. The van der Waals surface area contributed by atoms with Crippen molar-refractivity contribution in [2.75, 3.05) is 52.9 Å². The minimum Gasteiger partial charge on any atom is -0.396 e. The lowest BCUT2D eigenvalue weighted by molar-refractivity contribution is 0.100. The Hall–Kier alpha value is 0.290. The van der Waals surface area contributed by atoms with Crippen molar-refractivity contribution >= 4 is 23.5 Å². The van der Waals surface area contributed by atoms with Gasteiger partial charge in [-0.05, 0) is 32.1 Å². The molecule has 0 amide bonds. The van der Waals surface area contributed by atoms with Crippen molar-refractivity contribution in [3.05, 3.63) is 0 Å². The summed E-state index contributed by atoms with van der Waals surface area (Å²) in [6, 6.07) is 0. The molecule has 0 rings (SSSR count). The summed E-state index contributed by atoms with van der Waals surface area (Å²) in [5, 5.41) is 26.9. The Morgan fingerprint density at radius 2 is 0.758 bits per heavy atom. The van der Waals surface area contributed by atoms with E-state index in [1.54, 1.807) is 0 Å². The molecular formula is C17H39O13P3. The molecule has 0 spiro atoms. The maximum absolute atomic E-state index is 13.3. The summed E-state index contributed by atoms with van der Waals surface area (Å²) >= 11 is 0. The van der Waals surface area contributed by atoms with Gasteiger partial charge in [-0.2, -0.15) is 8.62 Å². The molecule has 3 N–H and O–H groups in total. The van der Waals surface area contributed by atoms with Crippen molar-refractivity contribution in [2.45, 2.75) is 58.8 Å². The van der Waals surface area contributed by atoms with E-state index < -0.39 is 23.5 Å². The Bertz CT molecular complexity index is 547. The predicted molar refractivity (Wildman–Crippen MR) is 120 cm³/mol. The molecule has 0 radical (unpaired) electrons. The van der Waals surface area contributed by atoms with Gasteiger partial charge in [-0.15, -0.1) is 0 Å². The highest BCUT2D eigenvalue weighted by atomic mass is 31.3. The van der Waals surface area contributed by atoms with Crippen LogP contribution in [0.25, 0.3) is 0 Å². The van der Waals surface area contributed by atoms with Crippen LogP contribution in [0.4, 0.5) is 0 Å². The lowest BCUT2D eigenvalue weighted by atomic mass is 10.4. The van der Waals surface area contributed by atoms with E-state index in [2.05, 4.69) is 0 Å². The van der Waals surface area contributed by atoms with Gasteiger partial charge in [-0.1, -0.05) is 26.7 Å². The molecular weight excluding hydrogens is 505 g/mol. The molecule has 0 aromatic carbocycles. The standard InChI is InChI=1S/C17H39O13P3/c1-3-5-13-24-31(21,26-15-7-10-18)29-33(23,28-17-9-12-20)30-32(22,25-14-6-4-2)27-16-8-11-19/h18-20H,3-17H2,1-2H3. The Morgan fingerprint density at radius 1 is 0.485 bits per heavy atom. The number of phosphoric ester groups is 2. The van der Waals surface area contributed by atoms with Crippen molar-refractivity contribution < 1.29 is 60.3 Å². The molecule has 0 bridgehead atoms. The zero-order valence-corrected chi connectivity index (χ0v) is 22.1. The molecule has 2 unspecified atom stereocenters. The lowest BCUT2D eigenvalue weighted by Gasteiger charge is -2.25. The fraction of sp³-hybridized carbons (Fsp3) is 1.00. The van der Waals surface area contributed by atoms with Crippen LogP contribution in [0.3, 0.4) is 0 Å². The highest BCUT2D eigenvalue weighted by Gasteiger charge is 2.47. The zero-order chi connectivity index (χ0) is 25.1. The van der Waals surface area contributed by atoms with Crippen LogP contribution in [0.2, 0.25) is 0 Å². The van der Waals surface area contributed by atoms with Gasteiger partial charge in [-0.3, -0.25) is 22.6 Å². The first-order valence-electron chi connectivity index (χ1n) is 11.0. The van der Waals surface area contributed by atoms with Crippen LogP contribution >= 0.6 is 23.5 Å². The largest absolute Gasteiger partial charge is 0.492 e. The van der Waals surface area contributed by atoms with Gasteiger partial charge in [-0.25, -0.2) is 13.7 Å². The van der Waals surface area contributed by atoms with E-state index in [1.807, 2.05) is 13.8 Å². The molecule has 0 aromatic heterocycles. The van der Waals surface area contributed by atoms with Crippen LogP contribution in [0.15, 0.2) is 0 Å². The van der Waals surface area contributed by atoms with Gasteiger partial charge in [0.25, 0.3) is 0 Å². The maximum atomic E-state index is 13.3. The third-order valence-corrected chi connectivity index (χ3v) is 9.24. The number of aliphatic hydroxyl groups is 3. The van der Waals surface area contributed by atoms with Crippen molar-refractivity contribution in [2.24, 2.45) is 0 Å². The molecule has 33 heavy (non-hydrogen) atoms. The second-order valence-corrected chi connectivity index (χ2v) is 11.9. The fourth-order valence-electron chi connectivity index (χ4n) is 1.84. The molecule has 0 saturated carbocycles. The number of aliphatic hydroxyl groups excluding tert-OH is 3. The van der Waals surface area contributed by atoms with Gasteiger partial charge in [0.1, 0.15) is 0 Å². The minimum absolute atomic E-state index is 0.00936. The number of rotatable bonds is 24. The SMILES string of the molecule is CCCCOP(=O)(OCCCO)OP(=O)(OCCCO)OP(=O)(OCCCC)OCCCO. The summed E-state index contributed by atoms with van der Waals surface area (Å²) in [7, 11) is -14.1. The molecule has 2 atom stereocenters. The van der Waals surface area contributed by atoms with E-state index >= 15 is 0 Å². The molecule has 0 heterocycles. The topological polar surface area (TPSA) is 177 Å². The monoisotopic (exact) mass is 544 g/mol. The van der Waals surface area contributed by atoms with Crippen LogP contribution in [0.5, 0.6) is 0 Å². The fourth-order valence-corrected chi connectivity index (χ4v) is 7.23. The van der Waals surface area contributed by atoms with Gasteiger partial charge in [0, 0.05) is 19.8 Å². The lowest BCUT2D eigenvalue weighted by Crippen LogP contribution is -2.09.